The highest BCUT2D eigenvalue weighted by molar-refractivity contribution is 5.66. The molecular formula is C13H13N5O5. The summed E-state index contributed by atoms with van der Waals surface area (Å²) >= 11 is 0. The van der Waals surface area contributed by atoms with E-state index in [-0.39, 0.29) is 12.2 Å². The largest absolute Gasteiger partial charge is 0.506 e. The Morgan fingerprint density at radius 3 is 3.09 bits per heavy atom. The first kappa shape index (κ1) is 15.0. The van der Waals surface area contributed by atoms with E-state index in [9.17, 15) is 15.2 Å². The van der Waals surface area contributed by atoms with Crippen molar-refractivity contribution in [2.75, 3.05) is 12.3 Å². The molecule has 1 saturated heterocycles. The number of carbonyl (C=O) groups is 1. The number of hydrogen-bond acceptors (Lipinski definition) is 8. The van der Waals surface area contributed by atoms with Crippen molar-refractivity contribution < 1.29 is 24.5 Å². The van der Waals surface area contributed by atoms with Crippen LogP contribution in [0.1, 0.15) is 12.1 Å². The van der Waals surface area contributed by atoms with E-state index in [0.717, 1.165) is 0 Å². The molecule has 3 atom stereocenters. The summed E-state index contributed by atoms with van der Waals surface area (Å²) in [6.45, 7) is -0.484. The lowest BCUT2D eigenvalue weighted by molar-refractivity contribution is -0.0587. The number of aromatic nitrogens is 3. The first-order valence-corrected chi connectivity index (χ1v) is 6.69. The van der Waals surface area contributed by atoms with Crippen LogP contribution in [0.15, 0.2) is 18.5 Å². The number of aliphatic hydroxyl groups is 1. The molecule has 1 aliphatic rings. The number of nitriles is 1. The number of nitrogens with two attached hydrogens (primary N) is 1. The molecule has 3 rings (SSSR count). The van der Waals surface area contributed by atoms with Gasteiger partial charge in [0.25, 0.3) is 0 Å². The zero-order valence-corrected chi connectivity index (χ0v) is 11.8. The van der Waals surface area contributed by atoms with Crippen LogP contribution in [-0.2, 0) is 15.1 Å². The molecule has 0 saturated carbocycles. The quantitative estimate of drug-likeness (QED) is 0.656. The predicted octanol–water partition coefficient (Wildman–Crippen LogP) is -0.125. The normalized spacial score (nSPS) is 27.0. The minimum atomic E-state index is -1.51. The summed E-state index contributed by atoms with van der Waals surface area (Å²) in [5.74, 6) is 0.231. The van der Waals surface area contributed by atoms with Crippen LogP contribution in [0.2, 0.25) is 0 Å². The minimum Gasteiger partial charge on any atom is -0.450 e. The molecule has 0 aromatic carbocycles. The van der Waals surface area contributed by atoms with Gasteiger partial charge >= 0.3 is 6.16 Å². The van der Waals surface area contributed by atoms with Gasteiger partial charge in [-0.15, -0.1) is 0 Å². The highest BCUT2D eigenvalue weighted by atomic mass is 16.7. The molecule has 3 heterocycles. The Kier molecular flexibility index (Phi) is 3.51. The van der Waals surface area contributed by atoms with Gasteiger partial charge in [-0.25, -0.2) is 14.3 Å². The van der Waals surface area contributed by atoms with E-state index in [1.165, 1.54) is 10.8 Å². The number of aliphatic hydroxyl groups excluding tert-OH is 1. The van der Waals surface area contributed by atoms with Crippen LogP contribution in [0.5, 0.6) is 0 Å². The van der Waals surface area contributed by atoms with Crippen molar-refractivity contribution in [3.8, 4) is 6.07 Å². The average Bonchev–Trinajstić information content (AvgIpc) is 3.10. The fraction of sp³-hybridized carbons (Fsp3) is 0.385. The molecule has 0 radical (unpaired) electrons. The van der Waals surface area contributed by atoms with Gasteiger partial charge in [-0.05, 0) is 12.1 Å². The van der Waals surface area contributed by atoms with Gasteiger partial charge in [0.2, 0.25) is 5.60 Å². The molecule has 0 spiro atoms. The molecule has 1 fully saturated rings. The maximum absolute atomic E-state index is 10.8. The van der Waals surface area contributed by atoms with Crippen molar-refractivity contribution in [1.29, 1.82) is 5.26 Å². The lowest BCUT2D eigenvalue weighted by atomic mass is 9.96. The van der Waals surface area contributed by atoms with E-state index in [2.05, 4.69) is 10.1 Å². The third-order valence-corrected chi connectivity index (χ3v) is 3.76. The summed E-state index contributed by atoms with van der Waals surface area (Å²) in [5.41, 5.74) is 5.10. The fourth-order valence-corrected chi connectivity index (χ4v) is 2.75. The molecule has 1 aliphatic heterocycles. The molecule has 120 valence electrons. The molecule has 10 nitrogen and oxygen atoms in total. The first-order valence-electron chi connectivity index (χ1n) is 6.69. The lowest BCUT2D eigenvalue weighted by Crippen LogP contribution is -2.29. The van der Waals surface area contributed by atoms with Gasteiger partial charge in [0.05, 0.1) is 12.3 Å². The van der Waals surface area contributed by atoms with Crippen molar-refractivity contribution in [3.63, 3.8) is 0 Å². The van der Waals surface area contributed by atoms with Crippen LogP contribution in [0, 0.1) is 11.3 Å². The molecule has 0 aliphatic carbocycles. The van der Waals surface area contributed by atoms with Crippen LogP contribution in [0.3, 0.4) is 0 Å². The lowest BCUT2D eigenvalue weighted by Gasteiger charge is -2.20. The van der Waals surface area contributed by atoms with Gasteiger partial charge in [0.1, 0.15) is 30.1 Å². The minimum absolute atomic E-state index is 0.0724. The molecule has 0 amide bonds. The molecule has 0 bridgehead atoms. The Bertz CT molecular complexity index is 800. The number of anilines is 1. The van der Waals surface area contributed by atoms with E-state index < -0.39 is 30.6 Å². The number of rotatable bonds is 3. The second kappa shape index (κ2) is 5.38. The van der Waals surface area contributed by atoms with Gasteiger partial charge in [0, 0.05) is 6.42 Å². The highest BCUT2D eigenvalue weighted by Gasteiger charge is 2.51. The molecule has 10 heteroatoms. The molecule has 0 unspecified atom stereocenters. The van der Waals surface area contributed by atoms with Gasteiger partial charge < -0.3 is 25.4 Å². The second-order valence-corrected chi connectivity index (χ2v) is 5.06. The summed E-state index contributed by atoms with van der Waals surface area (Å²) in [6, 6.07) is 5.26. The van der Waals surface area contributed by atoms with Crippen molar-refractivity contribution in [2.45, 2.75) is 24.2 Å². The number of carboxylic acid groups (broad SMARTS) is 1. The molecule has 2 aromatic rings. The Hall–Kier alpha value is -2.90. The second-order valence-electron chi connectivity index (χ2n) is 5.06. The molecule has 23 heavy (non-hydrogen) atoms. The van der Waals surface area contributed by atoms with Crippen LogP contribution < -0.4 is 5.73 Å². The van der Waals surface area contributed by atoms with E-state index >= 15 is 0 Å². The Labute approximate surface area is 129 Å². The number of fused-ring (bicyclic) bond motifs is 1. The topological polar surface area (TPSA) is 156 Å². The van der Waals surface area contributed by atoms with Crippen LogP contribution in [0.25, 0.3) is 5.52 Å². The maximum Gasteiger partial charge on any atom is 0.506 e. The third kappa shape index (κ3) is 2.32. The maximum atomic E-state index is 10.8. The fourth-order valence-electron chi connectivity index (χ4n) is 2.75. The monoisotopic (exact) mass is 319 g/mol. The first-order chi connectivity index (χ1) is 11.0. The van der Waals surface area contributed by atoms with Crippen LogP contribution >= 0.6 is 0 Å². The van der Waals surface area contributed by atoms with E-state index in [1.807, 2.05) is 6.07 Å². The standard InChI is InChI=1S/C13H13N5O5/c14-5-13(3-8(22-12(20)21)9(4-19)23-13)10-2-1-7-11(15)16-6-17-18(7)10/h1-2,6,8-9,19H,3-4H2,(H,20,21)(H2,15,16,17)/t8-,9+,13-/m0/s1. The predicted molar refractivity (Wildman–Crippen MR) is 74.2 cm³/mol. The van der Waals surface area contributed by atoms with Gasteiger partial charge in [-0.3, -0.25) is 0 Å². The van der Waals surface area contributed by atoms with Crippen molar-refractivity contribution in [2.24, 2.45) is 0 Å². The average molecular weight is 319 g/mol. The third-order valence-electron chi connectivity index (χ3n) is 3.76. The summed E-state index contributed by atoms with van der Waals surface area (Å²) in [7, 11) is 0. The number of ether oxygens (including phenoxy) is 2. The summed E-state index contributed by atoms with van der Waals surface area (Å²) in [4.78, 5) is 14.6. The van der Waals surface area contributed by atoms with Gasteiger partial charge in [0.15, 0.2) is 5.82 Å². The highest BCUT2D eigenvalue weighted by Crippen LogP contribution is 2.41. The molecular weight excluding hydrogens is 306 g/mol. The van der Waals surface area contributed by atoms with E-state index in [4.69, 9.17) is 20.3 Å². The van der Waals surface area contributed by atoms with Crippen molar-refractivity contribution in [1.82, 2.24) is 14.6 Å². The number of hydrogen-bond donors (Lipinski definition) is 3. The van der Waals surface area contributed by atoms with Crippen LogP contribution in [-0.4, -0.2) is 49.8 Å². The smallest absolute Gasteiger partial charge is 0.450 e. The number of nitrogen functional groups attached to an aromatic ring is 1. The Morgan fingerprint density at radius 1 is 1.65 bits per heavy atom. The SMILES string of the molecule is N#C[C@]1(c2ccc3c(N)ncnn23)C[C@H](OC(=O)O)[C@@H](CO)O1. The van der Waals surface area contributed by atoms with Crippen molar-refractivity contribution >= 4 is 17.5 Å². The van der Waals surface area contributed by atoms with Crippen LogP contribution in [0.4, 0.5) is 10.6 Å². The van der Waals surface area contributed by atoms with Crippen molar-refractivity contribution in [3.05, 3.63) is 24.2 Å². The molecule has 4 N–H and O–H groups in total. The zero-order valence-electron chi connectivity index (χ0n) is 11.8. The van der Waals surface area contributed by atoms with E-state index in [0.29, 0.717) is 11.2 Å². The summed E-state index contributed by atoms with van der Waals surface area (Å²) in [6.07, 6.45) is -2.26. The Balaban J connectivity index is 2.06. The summed E-state index contributed by atoms with van der Waals surface area (Å²) < 4.78 is 11.8. The zero-order chi connectivity index (χ0) is 16.6. The number of nitrogens with zero attached hydrogens (tertiary/aromatic N) is 4. The molecule has 2 aromatic heterocycles. The van der Waals surface area contributed by atoms with Gasteiger partial charge in [-0.2, -0.15) is 10.4 Å². The Morgan fingerprint density at radius 2 is 2.43 bits per heavy atom. The summed E-state index contributed by atoms with van der Waals surface area (Å²) in [5, 5.41) is 31.8. The van der Waals surface area contributed by atoms with E-state index in [1.54, 1.807) is 12.1 Å². The van der Waals surface area contributed by atoms with Gasteiger partial charge in [-0.1, -0.05) is 0 Å².